The average molecular weight is 252 g/mol. The third kappa shape index (κ3) is 2.63. The Morgan fingerprint density at radius 2 is 2.06 bits per heavy atom. The number of benzene rings is 1. The van der Waals surface area contributed by atoms with Gasteiger partial charge in [0.25, 0.3) is 0 Å². The number of halogens is 1. The zero-order valence-electron chi connectivity index (χ0n) is 10.1. The van der Waals surface area contributed by atoms with Crippen molar-refractivity contribution in [3.05, 3.63) is 34.3 Å². The highest BCUT2D eigenvalue weighted by Crippen LogP contribution is 2.35. The van der Waals surface area contributed by atoms with Crippen LogP contribution in [0.3, 0.4) is 0 Å². The summed E-state index contributed by atoms with van der Waals surface area (Å²) >= 11 is 6.24. The summed E-state index contributed by atoms with van der Waals surface area (Å²) < 4.78 is 0. The van der Waals surface area contributed by atoms with Crippen molar-refractivity contribution in [3.63, 3.8) is 0 Å². The van der Waals surface area contributed by atoms with E-state index in [1.165, 1.54) is 11.1 Å². The largest absolute Gasteiger partial charge is 0.411 e. The molecule has 0 atom stereocenters. The Labute approximate surface area is 107 Å². The summed E-state index contributed by atoms with van der Waals surface area (Å²) in [7, 11) is 0. The number of oxime groups is 1. The number of hydrogen-bond acceptors (Lipinski definition) is 2. The molecule has 0 spiro atoms. The van der Waals surface area contributed by atoms with Gasteiger partial charge < -0.3 is 5.21 Å². The first kappa shape index (κ1) is 12.4. The van der Waals surface area contributed by atoms with Gasteiger partial charge >= 0.3 is 0 Å². The van der Waals surface area contributed by atoms with Crippen molar-refractivity contribution in [1.29, 1.82) is 0 Å². The first-order chi connectivity index (χ1) is 8.26. The number of nitrogens with zero attached hydrogens (tertiary/aromatic N) is 1. The first-order valence-electron chi connectivity index (χ1n) is 6.23. The molecule has 2 rings (SSSR count). The van der Waals surface area contributed by atoms with Crippen LogP contribution in [0.5, 0.6) is 0 Å². The fourth-order valence-corrected chi connectivity index (χ4v) is 3.01. The van der Waals surface area contributed by atoms with Crippen molar-refractivity contribution in [2.75, 3.05) is 0 Å². The average Bonchev–Trinajstić information content (AvgIpc) is 2.38. The number of hydrogen-bond donors (Lipinski definition) is 1. The summed E-state index contributed by atoms with van der Waals surface area (Å²) in [5.41, 5.74) is 3.60. The molecule has 2 nitrogen and oxygen atoms in total. The zero-order chi connectivity index (χ0) is 12.3. The predicted molar refractivity (Wildman–Crippen MR) is 71.3 cm³/mol. The molecule has 1 aromatic rings. The minimum Gasteiger partial charge on any atom is -0.411 e. The van der Waals surface area contributed by atoms with Gasteiger partial charge in [0.2, 0.25) is 0 Å². The Balaban J connectivity index is 2.21. The van der Waals surface area contributed by atoms with Gasteiger partial charge in [-0.3, -0.25) is 0 Å². The van der Waals surface area contributed by atoms with Gasteiger partial charge in [-0.05, 0) is 55.2 Å². The molecule has 1 fully saturated rings. The van der Waals surface area contributed by atoms with E-state index in [9.17, 15) is 0 Å². The van der Waals surface area contributed by atoms with E-state index in [1.54, 1.807) is 0 Å². The lowest BCUT2D eigenvalue weighted by Crippen LogP contribution is -2.14. The molecule has 17 heavy (non-hydrogen) atoms. The molecule has 0 amide bonds. The second-order valence-electron chi connectivity index (χ2n) is 4.60. The van der Waals surface area contributed by atoms with Crippen molar-refractivity contribution in [2.24, 2.45) is 5.16 Å². The molecule has 92 valence electrons. The van der Waals surface area contributed by atoms with Gasteiger partial charge in [-0.15, -0.1) is 0 Å². The smallest absolute Gasteiger partial charge is 0.0571 e. The Bertz CT molecular complexity index is 418. The molecule has 0 radical (unpaired) electrons. The monoisotopic (exact) mass is 251 g/mol. The SMILES string of the molecule is CCc1c(Cl)cccc1C1CCC(=NO)CC1. The molecule has 1 aliphatic carbocycles. The fraction of sp³-hybridized carbons (Fsp3) is 0.500. The van der Waals surface area contributed by atoms with Gasteiger partial charge in [-0.2, -0.15) is 0 Å². The molecule has 1 saturated carbocycles. The molecule has 0 aliphatic heterocycles. The van der Waals surface area contributed by atoms with Crippen molar-refractivity contribution < 1.29 is 5.21 Å². The van der Waals surface area contributed by atoms with Gasteiger partial charge in [0.1, 0.15) is 0 Å². The second kappa shape index (κ2) is 5.54. The van der Waals surface area contributed by atoms with E-state index in [0.717, 1.165) is 42.8 Å². The highest BCUT2D eigenvalue weighted by molar-refractivity contribution is 6.31. The van der Waals surface area contributed by atoms with Crippen LogP contribution in [0.1, 0.15) is 49.7 Å². The van der Waals surface area contributed by atoms with Crippen molar-refractivity contribution in [2.45, 2.75) is 44.9 Å². The van der Waals surface area contributed by atoms with Gasteiger partial charge in [0.15, 0.2) is 0 Å². The molecule has 1 aromatic carbocycles. The number of rotatable bonds is 2. The van der Waals surface area contributed by atoms with E-state index in [4.69, 9.17) is 16.8 Å². The maximum atomic E-state index is 8.76. The molecular weight excluding hydrogens is 234 g/mol. The zero-order valence-corrected chi connectivity index (χ0v) is 10.9. The summed E-state index contributed by atoms with van der Waals surface area (Å²) in [5, 5.41) is 13.0. The molecular formula is C14H18ClNO. The van der Waals surface area contributed by atoms with Crippen LogP contribution >= 0.6 is 11.6 Å². The molecule has 0 bridgehead atoms. The molecule has 0 heterocycles. The normalized spacial score (nSPS) is 20.4. The summed E-state index contributed by atoms with van der Waals surface area (Å²) in [6.45, 7) is 2.15. The van der Waals surface area contributed by atoms with Crippen LogP contribution in [0.4, 0.5) is 0 Å². The summed E-state index contributed by atoms with van der Waals surface area (Å²) in [6.07, 6.45) is 4.90. The lowest BCUT2D eigenvalue weighted by atomic mass is 9.81. The molecule has 0 saturated heterocycles. The quantitative estimate of drug-likeness (QED) is 0.614. The van der Waals surface area contributed by atoms with Crippen LogP contribution in [-0.4, -0.2) is 10.9 Å². The van der Waals surface area contributed by atoms with Crippen LogP contribution in [0.25, 0.3) is 0 Å². The first-order valence-corrected chi connectivity index (χ1v) is 6.61. The van der Waals surface area contributed by atoms with E-state index in [0.29, 0.717) is 5.92 Å². The van der Waals surface area contributed by atoms with Crippen LogP contribution in [-0.2, 0) is 6.42 Å². The van der Waals surface area contributed by atoms with E-state index in [1.807, 2.05) is 12.1 Å². The maximum Gasteiger partial charge on any atom is 0.0571 e. The third-order valence-electron chi connectivity index (χ3n) is 3.65. The van der Waals surface area contributed by atoms with Crippen LogP contribution in [0.2, 0.25) is 5.02 Å². The van der Waals surface area contributed by atoms with Crippen molar-refractivity contribution in [3.8, 4) is 0 Å². The summed E-state index contributed by atoms with van der Waals surface area (Å²) in [6, 6.07) is 6.19. The van der Waals surface area contributed by atoms with E-state index < -0.39 is 0 Å². The predicted octanol–water partition coefficient (Wildman–Crippen LogP) is 4.39. The van der Waals surface area contributed by atoms with E-state index >= 15 is 0 Å². The molecule has 1 aliphatic rings. The summed E-state index contributed by atoms with van der Waals surface area (Å²) in [4.78, 5) is 0. The minimum atomic E-state index is 0.564. The van der Waals surface area contributed by atoms with Crippen LogP contribution in [0.15, 0.2) is 23.4 Å². The molecule has 1 N–H and O–H groups in total. The highest BCUT2D eigenvalue weighted by Gasteiger charge is 2.21. The summed E-state index contributed by atoms with van der Waals surface area (Å²) in [5.74, 6) is 0.564. The molecule has 0 unspecified atom stereocenters. The minimum absolute atomic E-state index is 0.564. The Morgan fingerprint density at radius 1 is 1.35 bits per heavy atom. The van der Waals surface area contributed by atoms with Gasteiger partial charge in [0.05, 0.1) is 5.71 Å². The van der Waals surface area contributed by atoms with E-state index in [2.05, 4.69) is 18.1 Å². The standard InChI is InChI=1S/C14H18ClNO/c1-2-12-13(4-3-5-14(12)15)10-6-8-11(16-17)9-7-10/h3-5,10,17H,2,6-9H2,1H3. The topological polar surface area (TPSA) is 32.6 Å². The Hall–Kier alpha value is -1.02. The van der Waals surface area contributed by atoms with Gasteiger partial charge in [0, 0.05) is 5.02 Å². The van der Waals surface area contributed by atoms with Crippen LogP contribution in [0, 0.1) is 0 Å². The Kier molecular flexibility index (Phi) is 4.06. The highest BCUT2D eigenvalue weighted by atomic mass is 35.5. The maximum absolute atomic E-state index is 8.76. The van der Waals surface area contributed by atoms with Gasteiger partial charge in [-0.25, -0.2) is 0 Å². The molecule has 0 aromatic heterocycles. The lowest BCUT2D eigenvalue weighted by Gasteiger charge is -2.25. The van der Waals surface area contributed by atoms with E-state index in [-0.39, 0.29) is 0 Å². The lowest BCUT2D eigenvalue weighted by molar-refractivity contribution is 0.313. The van der Waals surface area contributed by atoms with Crippen molar-refractivity contribution in [1.82, 2.24) is 0 Å². The Morgan fingerprint density at radius 3 is 2.65 bits per heavy atom. The van der Waals surface area contributed by atoms with Crippen LogP contribution < -0.4 is 0 Å². The van der Waals surface area contributed by atoms with Gasteiger partial charge in [-0.1, -0.05) is 35.8 Å². The third-order valence-corrected chi connectivity index (χ3v) is 4.01. The second-order valence-corrected chi connectivity index (χ2v) is 5.01. The molecule has 3 heteroatoms. The fourth-order valence-electron chi connectivity index (χ4n) is 2.69. The van der Waals surface area contributed by atoms with Crippen molar-refractivity contribution >= 4 is 17.3 Å².